The molecule has 0 amide bonds. The summed E-state index contributed by atoms with van der Waals surface area (Å²) in [6, 6.07) is 2.03. The average molecular weight is 326 g/mol. The van der Waals surface area contributed by atoms with E-state index in [0.29, 0.717) is 0 Å². The Bertz CT molecular complexity index is 559. The summed E-state index contributed by atoms with van der Waals surface area (Å²) in [4.78, 5) is 2.27. The summed E-state index contributed by atoms with van der Waals surface area (Å²) >= 11 is 3.63. The van der Waals surface area contributed by atoms with Crippen LogP contribution in [0.25, 0.3) is 0 Å². The highest BCUT2D eigenvalue weighted by Gasteiger charge is 2.14. The van der Waals surface area contributed by atoms with Crippen LogP contribution in [0.15, 0.2) is 21.2 Å². The molecular weight excluding hydrogens is 306 g/mol. The Morgan fingerprint density at radius 1 is 1.37 bits per heavy atom. The Hall–Kier alpha value is -1.07. The van der Waals surface area contributed by atoms with Crippen molar-refractivity contribution < 1.29 is 4.42 Å². The molecule has 5 heteroatoms. The fourth-order valence-electron chi connectivity index (χ4n) is 2.20. The molecule has 0 fully saturated rings. The van der Waals surface area contributed by atoms with E-state index in [1.54, 1.807) is 6.26 Å². The highest BCUT2D eigenvalue weighted by molar-refractivity contribution is 9.10. The SMILES string of the molecule is CCn1nc(C)c(Br)c1CN(C)Cc1ccoc1C. The topological polar surface area (TPSA) is 34.2 Å². The first-order valence-electron chi connectivity index (χ1n) is 6.46. The fraction of sp³-hybridized carbons (Fsp3) is 0.500. The number of nitrogens with zero attached hydrogens (tertiary/aromatic N) is 3. The summed E-state index contributed by atoms with van der Waals surface area (Å²) in [5.74, 6) is 0.992. The van der Waals surface area contributed by atoms with Gasteiger partial charge in [0.15, 0.2) is 0 Å². The largest absolute Gasteiger partial charge is 0.469 e. The Kier molecular flexibility index (Phi) is 4.47. The van der Waals surface area contributed by atoms with Gasteiger partial charge in [-0.3, -0.25) is 9.58 Å². The van der Waals surface area contributed by atoms with Gasteiger partial charge >= 0.3 is 0 Å². The molecule has 0 saturated carbocycles. The molecule has 0 aliphatic heterocycles. The second-order valence-corrected chi connectivity index (χ2v) is 5.63. The number of aromatic nitrogens is 2. The first-order chi connectivity index (χ1) is 9.02. The van der Waals surface area contributed by atoms with E-state index in [2.05, 4.69) is 44.6 Å². The number of rotatable bonds is 5. The molecule has 0 unspecified atom stereocenters. The molecule has 0 atom stereocenters. The van der Waals surface area contributed by atoms with Gasteiger partial charge in [-0.25, -0.2) is 0 Å². The van der Waals surface area contributed by atoms with E-state index >= 15 is 0 Å². The average Bonchev–Trinajstić information content (AvgIpc) is 2.88. The Balaban J connectivity index is 2.11. The predicted molar refractivity (Wildman–Crippen MR) is 79.0 cm³/mol. The van der Waals surface area contributed by atoms with Gasteiger partial charge in [-0.2, -0.15) is 5.10 Å². The quantitative estimate of drug-likeness (QED) is 0.843. The smallest absolute Gasteiger partial charge is 0.105 e. The number of hydrogen-bond acceptors (Lipinski definition) is 3. The second-order valence-electron chi connectivity index (χ2n) is 4.84. The van der Waals surface area contributed by atoms with Crippen molar-refractivity contribution in [1.29, 1.82) is 0 Å². The normalized spacial score (nSPS) is 11.5. The summed E-state index contributed by atoms with van der Waals surface area (Å²) in [6.45, 7) is 8.77. The molecule has 0 aliphatic carbocycles. The van der Waals surface area contributed by atoms with E-state index in [-0.39, 0.29) is 0 Å². The van der Waals surface area contributed by atoms with E-state index in [1.807, 2.05) is 19.9 Å². The molecule has 2 rings (SSSR count). The zero-order valence-electron chi connectivity index (χ0n) is 11.9. The van der Waals surface area contributed by atoms with Gasteiger partial charge in [0, 0.05) is 25.2 Å². The van der Waals surface area contributed by atoms with E-state index in [4.69, 9.17) is 4.42 Å². The molecule has 0 N–H and O–H groups in total. The van der Waals surface area contributed by atoms with Crippen LogP contribution in [0.4, 0.5) is 0 Å². The zero-order valence-corrected chi connectivity index (χ0v) is 13.5. The third kappa shape index (κ3) is 3.09. The maximum absolute atomic E-state index is 5.33. The van der Waals surface area contributed by atoms with Crippen molar-refractivity contribution in [1.82, 2.24) is 14.7 Å². The van der Waals surface area contributed by atoms with Crippen molar-refractivity contribution in [2.45, 2.75) is 40.4 Å². The second kappa shape index (κ2) is 5.92. The van der Waals surface area contributed by atoms with Gasteiger partial charge in [0.2, 0.25) is 0 Å². The minimum atomic E-state index is 0.861. The first-order valence-corrected chi connectivity index (χ1v) is 7.25. The Morgan fingerprint density at radius 2 is 2.11 bits per heavy atom. The van der Waals surface area contributed by atoms with Crippen LogP contribution in [0.3, 0.4) is 0 Å². The van der Waals surface area contributed by atoms with Crippen LogP contribution >= 0.6 is 15.9 Å². The molecule has 4 nitrogen and oxygen atoms in total. The third-order valence-corrected chi connectivity index (χ3v) is 4.31. The minimum absolute atomic E-state index is 0.861. The summed E-state index contributed by atoms with van der Waals surface area (Å²) in [7, 11) is 2.11. The van der Waals surface area contributed by atoms with Crippen molar-refractivity contribution in [3.8, 4) is 0 Å². The maximum atomic E-state index is 5.33. The van der Waals surface area contributed by atoms with E-state index in [0.717, 1.165) is 35.6 Å². The third-order valence-electron chi connectivity index (χ3n) is 3.28. The van der Waals surface area contributed by atoms with Crippen LogP contribution in [0.2, 0.25) is 0 Å². The standard InChI is InChI=1S/C14H20BrN3O/c1-5-18-13(14(15)10(2)16-18)9-17(4)8-12-6-7-19-11(12)3/h6-7H,5,8-9H2,1-4H3. The van der Waals surface area contributed by atoms with Crippen molar-refractivity contribution in [3.63, 3.8) is 0 Å². The van der Waals surface area contributed by atoms with Gasteiger partial charge < -0.3 is 4.42 Å². The molecule has 2 aromatic heterocycles. The first kappa shape index (κ1) is 14.3. The lowest BCUT2D eigenvalue weighted by Gasteiger charge is -2.17. The number of hydrogen-bond donors (Lipinski definition) is 0. The van der Waals surface area contributed by atoms with E-state index < -0.39 is 0 Å². The summed E-state index contributed by atoms with van der Waals surface area (Å²) in [5.41, 5.74) is 3.51. The van der Waals surface area contributed by atoms with Crippen molar-refractivity contribution in [2.75, 3.05) is 7.05 Å². The lowest BCUT2D eigenvalue weighted by Crippen LogP contribution is -2.20. The summed E-state index contributed by atoms with van der Waals surface area (Å²) in [6.07, 6.45) is 1.74. The zero-order chi connectivity index (χ0) is 14.0. The molecule has 104 valence electrons. The van der Waals surface area contributed by atoms with E-state index in [1.165, 1.54) is 11.3 Å². The van der Waals surface area contributed by atoms with Gasteiger partial charge in [0.25, 0.3) is 0 Å². The summed E-state index contributed by atoms with van der Waals surface area (Å²) in [5, 5.41) is 4.52. The minimum Gasteiger partial charge on any atom is -0.469 e. The predicted octanol–water partition coefficient (Wildman–Crippen LogP) is 3.51. The van der Waals surface area contributed by atoms with Gasteiger partial charge in [-0.15, -0.1) is 0 Å². The monoisotopic (exact) mass is 325 g/mol. The molecule has 0 radical (unpaired) electrons. The molecule has 19 heavy (non-hydrogen) atoms. The molecule has 0 saturated heterocycles. The summed E-state index contributed by atoms with van der Waals surface area (Å²) < 4.78 is 8.50. The lowest BCUT2D eigenvalue weighted by atomic mass is 10.2. The molecular formula is C14H20BrN3O. The lowest BCUT2D eigenvalue weighted by molar-refractivity contribution is 0.304. The van der Waals surface area contributed by atoms with Crippen molar-refractivity contribution in [3.05, 3.63) is 39.5 Å². The van der Waals surface area contributed by atoms with Gasteiger partial charge in [-0.1, -0.05) is 0 Å². The van der Waals surface area contributed by atoms with Crippen LogP contribution in [0.5, 0.6) is 0 Å². The van der Waals surface area contributed by atoms with Crippen LogP contribution in [0.1, 0.15) is 29.6 Å². The van der Waals surface area contributed by atoms with Crippen LogP contribution in [-0.2, 0) is 19.6 Å². The highest BCUT2D eigenvalue weighted by atomic mass is 79.9. The van der Waals surface area contributed by atoms with Crippen LogP contribution in [0, 0.1) is 13.8 Å². The van der Waals surface area contributed by atoms with Gasteiger partial charge in [0.05, 0.1) is 22.1 Å². The molecule has 0 aromatic carbocycles. The maximum Gasteiger partial charge on any atom is 0.105 e. The number of aryl methyl sites for hydroxylation is 3. The van der Waals surface area contributed by atoms with E-state index in [9.17, 15) is 0 Å². The Morgan fingerprint density at radius 3 is 2.68 bits per heavy atom. The van der Waals surface area contributed by atoms with Gasteiger partial charge in [0.1, 0.15) is 5.76 Å². The fourth-order valence-corrected chi connectivity index (χ4v) is 2.61. The highest BCUT2D eigenvalue weighted by Crippen LogP contribution is 2.23. The van der Waals surface area contributed by atoms with Crippen LogP contribution in [-0.4, -0.2) is 21.7 Å². The van der Waals surface area contributed by atoms with Crippen LogP contribution < -0.4 is 0 Å². The molecule has 0 aliphatic rings. The Labute approximate surface area is 122 Å². The molecule has 0 spiro atoms. The number of furan rings is 1. The van der Waals surface area contributed by atoms with Crippen molar-refractivity contribution in [2.24, 2.45) is 0 Å². The molecule has 0 bridgehead atoms. The molecule has 2 heterocycles. The number of halogens is 1. The van der Waals surface area contributed by atoms with Gasteiger partial charge in [-0.05, 0) is 49.8 Å². The molecule has 2 aromatic rings. The van der Waals surface area contributed by atoms with Crippen molar-refractivity contribution >= 4 is 15.9 Å².